The normalized spacial score (nSPS) is 12.5. The zero-order chi connectivity index (χ0) is 10.8. The zero-order valence-electron chi connectivity index (χ0n) is 9.51. The Morgan fingerprint density at radius 1 is 1.36 bits per heavy atom. The summed E-state index contributed by atoms with van der Waals surface area (Å²) in [6.07, 6.45) is 6.14. The van der Waals surface area contributed by atoms with Crippen LogP contribution < -0.4 is 11.1 Å². The molecule has 1 atom stereocenters. The summed E-state index contributed by atoms with van der Waals surface area (Å²) in [5.41, 5.74) is 5.56. The third kappa shape index (κ3) is 9.52. The van der Waals surface area contributed by atoms with Gasteiger partial charge >= 0.3 is 0 Å². The molecule has 0 saturated heterocycles. The number of nitrogens with one attached hydrogen (secondary N) is 1. The Bertz CT molecular complexity index is 146. The summed E-state index contributed by atoms with van der Waals surface area (Å²) < 4.78 is 0. The molecule has 0 aliphatic rings. The van der Waals surface area contributed by atoms with Gasteiger partial charge in [-0.3, -0.25) is 4.79 Å². The molecule has 0 rings (SSSR count). The Morgan fingerprint density at radius 2 is 2.07 bits per heavy atom. The van der Waals surface area contributed by atoms with E-state index in [0.29, 0.717) is 6.42 Å². The third-order valence-electron chi connectivity index (χ3n) is 2.18. The van der Waals surface area contributed by atoms with Crippen LogP contribution in [0.25, 0.3) is 0 Å². The second kappa shape index (κ2) is 9.00. The fraction of sp³-hybridized carbons (Fsp3) is 0.909. The van der Waals surface area contributed by atoms with E-state index in [0.717, 1.165) is 19.4 Å². The quantitative estimate of drug-likeness (QED) is 0.587. The van der Waals surface area contributed by atoms with Crippen molar-refractivity contribution in [2.24, 2.45) is 5.73 Å². The molecule has 3 N–H and O–H groups in total. The standard InChI is InChI=1S/C11H24N2O/c1-3-4-5-6-9-13-11(14)8-7-10(2)12/h10H,3-9,12H2,1-2H3,(H,13,14). The molecule has 0 aromatic heterocycles. The highest BCUT2D eigenvalue weighted by atomic mass is 16.1. The van der Waals surface area contributed by atoms with Crippen LogP contribution in [0.15, 0.2) is 0 Å². The smallest absolute Gasteiger partial charge is 0.220 e. The highest BCUT2D eigenvalue weighted by molar-refractivity contribution is 5.75. The minimum absolute atomic E-state index is 0.126. The van der Waals surface area contributed by atoms with Gasteiger partial charge in [0.2, 0.25) is 5.91 Å². The van der Waals surface area contributed by atoms with Gasteiger partial charge in [-0.25, -0.2) is 0 Å². The van der Waals surface area contributed by atoms with Crippen LogP contribution in [0.4, 0.5) is 0 Å². The van der Waals surface area contributed by atoms with Crippen molar-refractivity contribution >= 4 is 5.91 Å². The molecule has 3 nitrogen and oxygen atoms in total. The molecule has 0 fully saturated rings. The van der Waals surface area contributed by atoms with Gasteiger partial charge < -0.3 is 11.1 Å². The molecule has 0 heterocycles. The number of rotatable bonds is 8. The molecule has 0 aromatic rings. The van der Waals surface area contributed by atoms with Crippen molar-refractivity contribution in [1.29, 1.82) is 0 Å². The first kappa shape index (κ1) is 13.4. The van der Waals surface area contributed by atoms with E-state index in [1.54, 1.807) is 0 Å². The Hall–Kier alpha value is -0.570. The second-order valence-electron chi connectivity index (χ2n) is 3.93. The fourth-order valence-electron chi connectivity index (χ4n) is 1.23. The molecule has 0 aliphatic heterocycles. The summed E-state index contributed by atoms with van der Waals surface area (Å²) in [7, 11) is 0. The first-order valence-corrected chi connectivity index (χ1v) is 5.69. The van der Waals surface area contributed by atoms with Crippen LogP contribution in [-0.2, 0) is 4.79 Å². The Balaban J connectivity index is 3.18. The van der Waals surface area contributed by atoms with Gasteiger partial charge in [-0.05, 0) is 19.8 Å². The molecule has 3 heteroatoms. The largest absolute Gasteiger partial charge is 0.356 e. The summed E-state index contributed by atoms with van der Waals surface area (Å²) in [6, 6.07) is 0.126. The molecular weight excluding hydrogens is 176 g/mol. The van der Waals surface area contributed by atoms with E-state index in [9.17, 15) is 4.79 Å². The van der Waals surface area contributed by atoms with E-state index in [-0.39, 0.29) is 11.9 Å². The summed E-state index contributed by atoms with van der Waals surface area (Å²) in [5.74, 6) is 0.138. The van der Waals surface area contributed by atoms with Crippen LogP contribution in [0.2, 0.25) is 0 Å². The molecular formula is C11H24N2O. The van der Waals surface area contributed by atoms with Crippen molar-refractivity contribution in [3.63, 3.8) is 0 Å². The topological polar surface area (TPSA) is 55.1 Å². The molecule has 1 unspecified atom stereocenters. The molecule has 84 valence electrons. The second-order valence-corrected chi connectivity index (χ2v) is 3.93. The van der Waals surface area contributed by atoms with Crippen LogP contribution in [-0.4, -0.2) is 18.5 Å². The van der Waals surface area contributed by atoms with Crippen LogP contribution in [0.1, 0.15) is 52.4 Å². The van der Waals surface area contributed by atoms with Gasteiger partial charge in [0.1, 0.15) is 0 Å². The molecule has 0 aromatic carbocycles. The van der Waals surface area contributed by atoms with Gasteiger partial charge in [-0.15, -0.1) is 0 Å². The molecule has 0 bridgehead atoms. The Labute approximate surface area is 87.4 Å². The third-order valence-corrected chi connectivity index (χ3v) is 2.18. The molecule has 0 aliphatic carbocycles. The summed E-state index contributed by atoms with van der Waals surface area (Å²) in [6.45, 7) is 4.92. The van der Waals surface area contributed by atoms with Gasteiger partial charge in [0, 0.05) is 19.0 Å². The van der Waals surface area contributed by atoms with Gasteiger partial charge in [-0.1, -0.05) is 26.2 Å². The predicted molar refractivity (Wildman–Crippen MR) is 60.0 cm³/mol. The van der Waals surface area contributed by atoms with Crippen molar-refractivity contribution in [1.82, 2.24) is 5.32 Å². The number of carbonyl (C=O) groups excluding carboxylic acids is 1. The number of hydrogen-bond donors (Lipinski definition) is 2. The molecule has 0 radical (unpaired) electrons. The fourth-order valence-corrected chi connectivity index (χ4v) is 1.23. The van der Waals surface area contributed by atoms with E-state index in [2.05, 4.69) is 12.2 Å². The van der Waals surface area contributed by atoms with Crippen LogP contribution in [0.3, 0.4) is 0 Å². The van der Waals surface area contributed by atoms with Gasteiger partial charge in [0.15, 0.2) is 0 Å². The molecule has 0 saturated carbocycles. The van der Waals surface area contributed by atoms with E-state index in [1.807, 2.05) is 6.92 Å². The maximum absolute atomic E-state index is 11.2. The lowest BCUT2D eigenvalue weighted by atomic mass is 10.2. The van der Waals surface area contributed by atoms with Crippen molar-refractivity contribution in [3.05, 3.63) is 0 Å². The SMILES string of the molecule is CCCCCCNC(=O)CCC(C)N. The monoisotopic (exact) mass is 200 g/mol. The minimum atomic E-state index is 0.126. The lowest BCUT2D eigenvalue weighted by Crippen LogP contribution is -2.26. The minimum Gasteiger partial charge on any atom is -0.356 e. The van der Waals surface area contributed by atoms with Crippen molar-refractivity contribution in [2.75, 3.05) is 6.54 Å². The highest BCUT2D eigenvalue weighted by Gasteiger charge is 2.01. The maximum Gasteiger partial charge on any atom is 0.220 e. The van der Waals surface area contributed by atoms with Gasteiger partial charge in [0.05, 0.1) is 0 Å². The van der Waals surface area contributed by atoms with Gasteiger partial charge in [0.25, 0.3) is 0 Å². The number of unbranched alkanes of at least 4 members (excludes halogenated alkanes) is 3. The van der Waals surface area contributed by atoms with Crippen molar-refractivity contribution in [3.8, 4) is 0 Å². The summed E-state index contributed by atoms with van der Waals surface area (Å²) in [5, 5.41) is 2.90. The Kier molecular flexibility index (Phi) is 8.64. The van der Waals surface area contributed by atoms with Crippen LogP contribution in [0, 0.1) is 0 Å². The molecule has 0 spiro atoms. The zero-order valence-corrected chi connectivity index (χ0v) is 9.51. The molecule has 1 amide bonds. The lowest BCUT2D eigenvalue weighted by Gasteiger charge is -2.06. The van der Waals surface area contributed by atoms with Crippen LogP contribution in [0.5, 0.6) is 0 Å². The van der Waals surface area contributed by atoms with E-state index >= 15 is 0 Å². The number of nitrogens with two attached hydrogens (primary N) is 1. The predicted octanol–water partition coefficient (Wildman–Crippen LogP) is 1.81. The number of carbonyl (C=O) groups is 1. The average molecular weight is 200 g/mol. The number of amides is 1. The molecule has 14 heavy (non-hydrogen) atoms. The Morgan fingerprint density at radius 3 is 2.64 bits per heavy atom. The van der Waals surface area contributed by atoms with E-state index in [4.69, 9.17) is 5.73 Å². The first-order chi connectivity index (χ1) is 6.66. The van der Waals surface area contributed by atoms with Crippen molar-refractivity contribution < 1.29 is 4.79 Å². The van der Waals surface area contributed by atoms with Crippen molar-refractivity contribution in [2.45, 2.75) is 58.4 Å². The van der Waals surface area contributed by atoms with Crippen LogP contribution >= 0.6 is 0 Å². The lowest BCUT2D eigenvalue weighted by molar-refractivity contribution is -0.121. The summed E-state index contributed by atoms with van der Waals surface area (Å²) >= 11 is 0. The highest BCUT2D eigenvalue weighted by Crippen LogP contribution is 1.98. The number of hydrogen-bond acceptors (Lipinski definition) is 2. The van der Waals surface area contributed by atoms with E-state index < -0.39 is 0 Å². The average Bonchev–Trinajstić information content (AvgIpc) is 2.14. The summed E-state index contributed by atoms with van der Waals surface area (Å²) in [4.78, 5) is 11.2. The van der Waals surface area contributed by atoms with Gasteiger partial charge in [-0.2, -0.15) is 0 Å². The first-order valence-electron chi connectivity index (χ1n) is 5.69. The van der Waals surface area contributed by atoms with E-state index in [1.165, 1.54) is 19.3 Å². The maximum atomic E-state index is 11.2.